The summed E-state index contributed by atoms with van der Waals surface area (Å²) < 4.78 is 5.13. The SMILES string of the molecule is Brc1cc(-n2cncn2)cc(Br)c1-n1cncn1. The summed E-state index contributed by atoms with van der Waals surface area (Å²) in [6.07, 6.45) is 6.26. The maximum Gasteiger partial charge on any atom is 0.138 e. The van der Waals surface area contributed by atoms with Gasteiger partial charge >= 0.3 is 0 Å². The van der Waals surface area contributed by atoms with Gasteiger partial charge in [0.25, 0.3) is 0 Å². The zero-order chi connectivity index (χ0) is 12.5. The Morgan fingerprint density at radius 2 is 1.39 bits per heavy atom. The lowest BCUT2D eigenvalue weighted by Crippen LogP contribution is -2.00. The molecule has 0 saturated heterocycles. The quantitative estimate of drug-likeness (QED) is 0.695. The van der Waals surface area contributed by atoms with E-state index in [9.17, 15) is 0 Å². The molecule has 2 heterocycles. The minimum atomic E-state index is 0.882. The van der Waals surface area contributed by atoms with E-state index in [-0.39, 0.29) is 0 Å². The smallest absolute Gasteiger partial charge is 0.138 e. The third kappa shape index (κ3) is 1.97. The summed E-state index contributed by atoms with van der Waals surface area (Å²) in [5.74, 6) is 0. The van der Waals surface area contributed by atoms with E-state index in [4.69, 9.17) is 0 Å². The van der Waals surface area contributed by atoms with Crippen LogP contribution in [0, 0.1) is 0 Å². The third-order valence-electron chi connectivity index (χ3n) is 2.33. The van der Waals surface area contributed by atoms with Crippen molar-refractivity contribution in [1.29, 1.82) is 0 Å². The van der Waals surface area contributed by atoms with Gasteiger partial charge in [0, 0.05) is 8.95 Å². The highest BCUT2D eigenvalue weighted by Gasteiger charge is 2.11. The molecule has 0 aliphatic carbocycles. The van der Waals surface area contributed by atoms with E-state index < -0.39 is 0 Å². The summed E-state index contributed by atoms with van der Waals surface area (Å²) in [6, 6.07) is 3.88. The van der Waals surface area contributed by atoms with E-state index in [0.29, 0.717) is 0 Å². The number of halogens is 2. The molecule has 0 fully saturated rings. The Kier molecular flexibility index (Phi) is 2.96. The minimum absolute atomic E-state index is 0.882. The van der Waals surface area contributed by atoms with Gasteiger partial charge in [-0.25, -0.2) is 19.3 Å². The molecule has 0 saturated carbocycles. The Bertz CT molecular complexity index is 639. The van der Waals surface area contributed by atoms with E-state index >= 15 is 0 Å². The Morgan fingerprint density at radius 1 is 0.833 bits per heavy atom. The van der Waals surface area contributed by atoms with Crippen LogP contribution in [0.25, 0.3) is 11.4 Å². The molecule has 0 aliphatic rings. The second kappa shape index (κ2) is 4.62. The average Bonchev–Trinajstić information content (AvgIpc) is 3.01. The summed E-state index contributed by atoms with van der Waals surface area (Å²) in [5, 5.41) is 8.20. The van der Waals surface area contributed by atoms with Crippen LogP contribution in [0.3, 0.4) is 0 Å². The van der Waals surface area contributed by atoms with E-state index in [2.05, 4.69) is 52.0 Å². The van der Waals surface area contributed by atoms with Crippen molar-refractivity contribution >= 4 is 31.9 Å². The first-order chi connectivity index (χ1) is 8.75. The Morgan fingerprint density at radius 3 is 1.89 bits per heavy atom. The number of hydrogen-bond acceptors (Lipinski definition) is 4. The van der Waals surface area contributed by atoms with Crippen LogP contribution in [-0.2, 0) is 0 Å². The van der Waals surface area contributed by atoms with Gasteiger partial charge in [0.05, 0.1) is 11.4 Å². The van der Waals surface area contributed by atoms with Gasteiger partial charge in [0.2, 0.25) is 0 Å². The zero-order valence-corrected chi connectivity index (χ0v) is 12.1. The maximum atomic E-state index is 4.11. The lowest BCUT2D eigenvalue weighted by Gasteiger charge is -2.09. The lowest BCUT2D eigenvalue weighted by atomic mass is 10.3. The number of rotatable bonds is 2. The van der Waals surface area contributed by atoms with Gasteiger partial charge in [-0.2, -0.15) is 10.2 Å². The fourth-order valence-corrected chi connectivity index (χ4v) is 3.09. The third-order valence-corrected chi connectivity index (χ3v) is 3.54. The van der Waals surface area contributed by atoms with Crippen molar-refractivity contribution in [3.8, 4) is 11.4 Å². The van der Waals surface area contributed by atoms with Gasteiger partial charge in [-0.1, -0.05) is 0 Å². The molecule has 0 aliphatic heterocycles. The van der Waals surface area contributed by atoms with Gasteiger partial charge in [-0.15, -0.1) is 0 Å². The fourth-order valence-electron chi connectivity index (χ4n) is 1.57. The molecule has 90 valence electrons. The molecule has 18 heavy (non-hydrogen) atoms. The van der Waals surface area contributed by atoms with Crippen molar-refractivity contribution in [3.63, 3.8) is 0 Å². The van der Waals surface area contributed by atoms with E-state index in [1.807, 2.05) is 12.1 Å². The largest absolute Gasteiger partial charge is 0.223 e. The molecule has 0 N–H and O–H groups in total. The van der Waals surface area contributed by atoms with Gasteiger partial charge < -0.3 is 0 Å². The van der Waals surface area contributed by atoms with Crippen molar-refractivity contribution < 1.29 is 0 Å². The molecule has 2 aromatic heterocycles. The molecule has 3 rings (SSSR count). The second-order valence-corrected chi connectivity index (χ2v) is 5.15. The van der Waals surface area contributed by atoms with Crippen LogP contribution in [0.5, 0.6) is 0 Å². The van der Waals surface area contributed by atoms with E-state index in [1.54, 1.807) is 22.0 Å². The van der Waals surface area contributed by atoms with Crippen molar-refractivity contribution in [3.05, 3.63) is 46.4 Å². The normalized spacial score (nSPS) is 10.8. The van der Waals surface area contributed by atoms with Gasteiger partial charge in [0.1, 0.15) is 25.3 Å². The number of aromatic nitrogens is 6. The minimum Gasteiger partial charge on any atom is -0.223 e. The van der Waals surface area contributed by atoms with Crippen LogP contribution >= 0.6 is 31.9 Å². The Hall–Kier alpha value is -1.54. The first-order valence-corrected chi connectivity index (χ1v) is 6.53. The number of nitrogens with zero attached hydrogens (tertiary/aromatic N) is 6. The predicted molar refractivity (Wildman–Crippen MR) is 71.7 cm³/mol. The molecular formula is C10H6Br2N6. The number of benzene rings is 1. The lowest BCUT2D eigenvalue weighted by molar-refractivity contribution is 0.854. The standard InChI is InChI=1S/C10H6Br2N6/c11-8-1-7(17-5-13-3-15-17)2-9(12)10(8)18-6-14-4-16-18/h1-6H. The molecule has 0 unspecified atom stereocenters. The van der Waals surface area contributed by atoms with Crippen molar-refractivity contribution in [1.82, 2.24) is 29.5 Å². The fraction of sp³-hybridized carbons (Fsp3) is 0. The monoisotopic (exact) mass is 368 g/mol. The molecule has 0 radical (unpaired) electrons. The van der Waals surface area contributed by atoms with Crippen LogP contribution < -0.4 is 0 Å². The van der Waals surface area contributed by atoms with Gasteiger partial charge in [0.15, 0.2) is 0 Å². The highest BCUT2D eigenvalue weighted by molar-refractivity contribution is 9.11. The maximum absolute atomic E-state index is 4.11. The van der Waals surface area contributed by atoms with Gasteiger partial charge in [-0.05, 0) is 44.0 Å². The molecule has 8 heteroatoms. The summed E-state index contributed by atoms with van der Waals surface area (Å²) in [5.41, 5.74) is 1.78. The average molecular weight is 370 g/mol. The summed E-state index contributed by atoms with van der Waals surface area (Å²) >= 11 is 7.05. The molecule has 0 atom stereocenters. The zero-order valence-electron chi connectivity index (χ0n) is 8.90. The van der Waals surface area contributed by atoms with Crippen LogP contribution in [0.1, 0.15) is 0 Å². The number of hydrogen-bond donors (Lipinski definition) is 0. The molecule has 3 aromatic rings. The summed E-state index contributed by atoms with van der Waals surface area (Å²) in [6.45, 7) is 0. The topological polar surface area (TPSA) is 61.4 Å². The summed E-state index contributed by atoms with van der Waals surface area (Å²) in [7, 11) is 0. The van der Waals surface area contributed by atoms with Gasteiger partial charge in [-0.3, -0.25) is 0 Å². The van der Waals surface area contributed by atoms with Crippen LogP contribution in [0.15, 0.2) is 46.4 Å². The molecule has 0 amide bonds. The summed E-state index contributed by atoms with van der Waals surface area (Å²) in [4.78, 5) is 7.86. The highest BCUT2D eigenvalue weighted by Crippen LogP contribution is 2.31. The first kappa shape index (κ1) is 11.5. The van der Waals surface area contributed by atoms with E-state index in [1.165, 1.54) is 12.7 Å². The van der Waals surface area contributed by atoms with Crippen molar-refractivity contribution in [2.75, 3.05) is 0 Å². The molecule has 6 nitrogen and oxygen atoms in total. The molecule has 0 spiro atoms. The van der Waals surface area contributed by atoms with Crippen LogP contribution in [0.4, 0.5) is 0 Å². The second-order valence-electron chi connectivity index (χ2n) is 3.44. The van der Waals surface area contributed by atoms with Crippen LogP contribution in [0.2, 0.25) is 0 Å². The molecular weight excluding hydrogens is 364 g/mol. The molecule has 1 aromatic carbocycles. The van der Waals surface area contributed by atoms with Crippen LogP contribution in [-0.4, -0.2) is 29.5 Å². The highest BCUT2D eigenvalue weighted by atomic mass is 79.9. The Labute approximate surface area is 119 Å². The predicted octanol–water partition coefficient (Wildman–Crippen LogP) is 2.37. The Balaban J connectivity index is 2.15. The van der Waals surface area contributed by atoms with Crippen molar-refractivity contribution in [2.24, 2.45) is 0 Å². The first-order valence-electron chi connectivity index (χ1n) is 4.95. The van der Waals surface area contributed by atoms with E-state index in [0.717, 1.165) is 20.3 Å². The van der Waals surface area contributed by atoms with Crippen molar-refractivity contribution in [2.45, 2.75) is 0 Å². The molecule has 0 bridgehead atoms.